The molecule has 2 rings (SSSR count). The largest absolute Gasteiger partial charge is 0.497 e. The van der Waals surface area contributed by atoms with E-state index in [-0.39, 0.29) is 12.1 Å². The first-order chi connectivity index (χ1) is 10.1. The number of nitrogens with two attached hydrogens (primary N) is 2. The summed E-state index contributed by atoms with van der Waals surface area (Å²) in [5.74, 6) is 0.278. The number of carbonyl (C=O) groups is 1. The van der Waals surface area contributed by atoms with Gasteiger partial charge in [0.2, 0.25) is 0 Å². The van der Waals surface area contributed by atoms with Crippen molar-refractivity contribution in [3.8, 4) is 5.75 Å². The minimum atomic E-state index is -0.500. The molecule has 1 aromatic heterocycles. The molecule has 1 aromatic carbocycles. The number of aromatic nitrogens is 2. The van der Waals surface area contributed by atoms with Crippen LogP contribution in [0.15, 0.2) is 36.7 Å². The minimum Gasteiger partial charge on any atom is -0.497 e. The van der Waals surface area contributed by atoms with Crippen LogP contribution in [-0.2, 0) is 0 Å². The molecule has 112 valence electrons. The van der Waals surface area contributed by atoms with Gasteiger partial charge in [0.1, 0.15) is 5.75 Å². The fourth-order valence-corrected chi connectivity index (χ4v) is 2.24. The topological polar surface area (TPSA) is 96.2 Å². The molecular formula is C15H20N4O2. The van der Waals surface area contributed by atoms with Gasteiger partial charge in [-0.1, -0.05) is 19.1 Å². The Morgan fingerprint density at radius 2 is 2.05 bits per heavy atom. The van der Waals surface area contributed by atoms with Crippen LogP contribution >= 0.6 is 0 Å². The fourth-order valence-electron chi connectivity index (χ4n) is 2.24. The molecule has 0 aliphatic heterocycles. The van der Waals surface area contributed by atoms with E-state index in [1.165, 1.54) is 6.20 Å². The highest BCUT2D eigenvalue weighted by Gasteiger charge is 2.22. The van der Waals surface area contributed by atoms with Crippen molar-refractivity contribution in [1.82, 2.24) is 9.78 Å². The standard InChI is InChI=1S/C15H20N4O2/c1-3-13(16)14(10-4-6-12(21-2)7-5-10)19-9-11(8-18-19)15(17)20/h4-9,13-14H,3,16H2,1-2H3,(H2,17,20). The molecule has 2 unspecified atom stereocenters. The maximum Gasteiger partial charge on any atom is 0.251 e. The average Bonchev–Trinajstić information content (AvgIpc) is 2.97. The molecule has 2 atom stereocenters. The zero-order valence-corrected chi connectivity index (χ0v) is 12.2. The van der Waals surface area contributed by atoms with E-state index in [0.717, 1.165) is 17.7 Å². The summed E-state index contributed by atoms with van der Waals surface area (Å²) in [6.07, 6.45) is 3.87. The lowest BCUT2D eigenvalue weighted by Crippen LogP contribution is -2.32. The Labute approximate surface area is 123 Å². The summed E-state index contributed by atoms with van der Waals surface area (Å²) in [6.45, 7) is 2.01. The first kappa shape index (κ1) is 15.1. The van der Waals surface area contributed by atoms with Gasteiger partial charge in [0.25, 0.3) is 5.91 Å². The molecule has 0 fully saturated rings. The van der Waals surface area contributed by atoms with E-state index in [1.54, 1.807) is 18.0 Å². The molecule has 0 saturated heterocycles. The van der Waals surface area contributed by atoms with Crippen LogP contribution in [-0.4, -0.2) is 28.8 Å². The van der Waals surface area contributed by atoms with E-state index in [4.69, 9.17) is 16.2 Å². The summed E-state index contributed by atoms with van der Waals surface area (Å²) in [5.41, 5.74) is 12.9. The van der Waals surface area contributed by atoms with Crippen LogP contribution in [0.2, 0.25) is 0 Å². The van der Waals surface area contributed by atoms with Crippen molar-refractivity contribution in [3.63, 3.8) is 0 Å². The molecular weight excluding hydrogens is 268 g/mol. The van der Waals surface area contributed by atoms with E-state index in [9.17, 15) is 4.79 Å². The lowest BCUT2D eigenvalue weighted by Gasteiger charge is -2.24. The number of rotatable bonds is 6. The lowest BCUT2D eigenvalue weighted by molar-refractivity contribution is 0.1000. The maximum absolute atomic E-state index is 11.2. The molecule has 4 N–H and O–H groups in total. The number of primary amides is 1. The molecule has 0 saturated carbocycles. The van der Waals surface area contributed by atoms with Gasteiger partial charge in [-0.15, -0.1) is 0 Å². The number of amides is 1. The van der Waals surface area contributed by atoms with Gasteiger partial charge in [-0.2, -0.15) is 5.10 Å². The van der Waals surface area contributed by atoms with Gasteiger partial charge in [-0.05, 0) is 24.1 Å². The third kappa shape index (κ3) is 3.22. The van der Waals surface area contributed by atoms with Crippen LogP contribution in [0.4, 0.5) is 0 Å². The van der Waals surface area contributed by atoms with E-state index in [2.05, 4.69) is 5.10 Å². The monoisotopic (exact) mass is 288 g/mol. The predicted molar refractivity (Wildman–Crippen MR) is 80.1 cm³/mol. The van der Waals surface area contributed by atoms with Gasteiger partial charge in [0.15, 0.2) is 0 Å². The second kappa shape index (κ2) is 6.41. The summed E-state index contributed by atoms with van der Waals surface area (Å²) < 4.78 is 6.85. The molecule has 0 bridgehead atoms. The Bertz CT molecular complexity index is 606. The molecule has 2 aromatic rings. The molecule has 6 nitrogen and oxygen atoms in total. The van der Waals surface area contributed by atoms with Crippen molar-refractivity contribution >= 4 is 5.91 Å². The normalized spacial score (nSPS) is 13.7. The molecule has 6 heteroatoms. The van der Waals surface area contributed by atoms with Gasteiger partial charge < -0.3 is 16.2 Å². The third-order valence-electron chi connectivity index (χ3n) is 3.51. The van der Waals surface area contributed by atoms with Crippen molar-refractivity contribution in [2.24, 2.45) is 11.5 Å². The summed E-state index contributed by atoms with van der Waals surface area (Å²) in [5, 5.41) is 4.23. The number of nitrogens with zero attached hydrogens (tertiary/aromatic N) is 2. The van der Waals surface area contributed by atoms with Crippen molar-refractivity contribution in [3.05, 3.63) is 47.8 Å². The fraction of sp³-hybridized carbons (Fsp3) is 0.333. The Kier molecular flexibility index (Phi) is 4.59. The highest BCUT2D eigenvalue weighted by molar-refractivity contribution is 5.92. The van der Waals surface area contributed by atoms with Crippen LogP contribution in [0.1, 0.15) is 35.3 Å². The number of hydrogen-bond donors (Lipinski definition) is 2. The van der Waals surface area contributed by atoms with Crippen molar-refractivity contribution in [1.29, 1.82) is 0 Å². The van der Waals surface area contributed by atoms with Crippen LogP contribution in [0.25, 0.3) is 0 Å². The van der Waals surface area contributed by atoms with E-state index >= 15 is 0 Å². The summed E-state index contributed by atoms with van der Waals surface area (Å²) in [7, 11) is 1.62. The first-order valence-corrected chi connectivity index (χ1v) is 6.80. The van der Waals surface area contributed by atoms with Crippen LogP contribution < -0.4 is 16.2 Å². The van der Waals surface area contributed by atoms with Gasteiger partial charge in [-0.25, -0.2) is 0 Å². The highest BCUT2D eigenvalue weighted by atomic mass is 16.5. The second-order valence-electron chi connectivity index (χ2n) is 4.86. The van der Waals surface area contributed by atoms with E-state index < -0.39 is 5.91 Å². The van der Waals surface area contributed by atoms with E-state index in [1.807, 2.05) is 31.2 Å². The molecule has 1 heterocycles. The number of methoxy groups -OCH3 is 1. The quantitative estimate of drug-likeness (QED) is 0.837. The van der Waals surface area contributed by atoms with Gasteiger partial charge in [0, 0.05) is 12.2 Å². The molecule has 0 radical (unpaired) electrons. The Morgan fingerprint density at radius 1 is 1.38 bits per heavy atom. The number of ether oxygens (including phenoxy) is 1. The minimum absolute atomic E-state index is 0.126. The van der Waals surface area contributed by atoms with Crippen LogP contribution in [0.3, 0.4) is 0 Å². The molecule has 0 aliphatic carbocycles. The molecule has 0 spiro atoms. The second-order valence-corrected chi connectivity index (χ2v) is 4.86. The zero-order chi connectivity index (χ0) is 15.4. The maximum atomic E-state index is 11.2. The third-order valence-corrected chi connectivity index (χ3v) is 3.51. The van der Waals surface area contributed by atoms with Crippen molar-refractivity contribution in [2.45, 2.75) is 25.4 Å². The lowest BCUT2D eigenvalue weighted by atomic mass is 9.98. The van der Waals surface area contributed by atoms with E-state index in [0.29, 0.717) is 5.56 Å². The number of benzene rings is 1. The molecule has 21 heavy (non-hydrogen) atoms. The SMILES string of the molecule is CCC(N)C(c1ccc(OC)cc1)n1cc(C(N)=O)cn1. The Morgan fingerprint density at radius 3 is 2.52 bits per heavy atom. The van der Waals surface area contributed by atoms with Gasteiger partial charge in [-0.3, -0.25) is 9.48 Å². The summed E-state index contributed by atoms with van der Waals surface area (Å²) >= 11 is 0. The van der Waals surface area contributed by atoms with Gasteiger partial charge in [0.05, 0.1) is 24.9 Å². The Hall–Kier alpha value is -2.34. The smallest absolute Gasteiger partial charge is 0.251 e. The van der Waals surface area contributed by atoms with Crippen molar-refractivity contribution in [2.75, 3.05) is 7.11 Å². The van der Waals surface area contributed by atoms with Crippen LogP contribution in [0, 0.1) is 0 Å². The highest BCUT2D eigenvalue weighted by Crippen LogP contribution is 2.24. The molecule has 1 amide bonds. The first-order valence-electron chi connectivity index (χ1n) is 6.80. The zero-order valence-electron chi connectivity index (χ0n) is 12.2. The number of hydrogen-bond acceptors (Lipinski definition) is 4. The van der Waals surface area contributed by atoms with Crippen molar-refractivity contribution < 1.29 is 9.53 Å². The molecule has 0 aliphatic rings. The summed E-state index contributed by atoms with van der Waals surface area (Å²) in [6, 6.07) is 7.37. The number of carbonyl (C=O) groups excluding carboxylic acids is 1. The van der Waals surface area contributed by atoms with Gasteiger partial charge >= 0.3 is 0 Å². The predicted octanol–water partition coefficient (Wildman–Crippen LogP) is 1.32. The average molecular weight is 288 g/mol. The Balaban J connectivity index is 2.38. The van der Waals surface area contributed by atoms with Crippen LogP contribution in [0.5, 0.6) is 5.75 Å². The summed E-state index contributed by atoms with van der Waals surface area (Å²) in [4.78, 5) is 11.2.